The van der Waals surface area contributed by atoms with E-state index in [1.807, 2.05) is 30.3 Å². The van der Waals surface area contributed by atoms with Gasteiger partial charge < -0.3 is 24.8 Å². The van der Waals surface area contributed by atoms with Crippen molar-refractivity contribution in [3.8, 4) is 5.75 Å². The van der Waals surface area contributed by atoms with E-state index in [1.165, 1.54) is 14.2 Å². The predicted molar refractivity (Wildman–Crippen MR) is 130 cm³/mol. The number of hydrogen-bond acceptors (Lipinski definition) is 7. The third-order valence-electron chi connectivity index (χ3n) is 5.01. The van der Waals surface area contributed by atoms with E-state index in [-0.39, 0.29) is 17.5 Å². The van der Waals surface area contributed by atoms with Crippen LogP contribution in [0.4, 0.5) is 4.79 Å². The standard InChI is InChI=1S/C25H30N2O6S/c1-25(2,3)33-24(29)27-17(13-16-9-7-6-8-10-16)15-26-21-19-14-18(31-4)11-12-20(19)34(30)22(21)23(28)32-5/h6-12,14,17,26H,13,15H2,1-5H3,(H,27,29). The van der Waals surface area contributed by atoms with Crippen LogP contribution < -0.4 is 15.4 Å². The van der Waals surface area contributed by atoms with Crippen LogP contribution in [-0.4, -0.2) is 48.7 Å². The van der Waals surface area contributed by atoms with E-state index in [9.17, 15) is 13.8 Å². The number of hydrogen-bond donors (Lipinski definition) is 2. The average Bonchev–Trinajstić information content (AvgIpc) is 3.07. The molecule has 0 saturated heterocycles. The molecule has 0 bridgehead atoms. The van der Waals surface area contributed by atoms with Gasteiger partial charge in [-0.05, 0) is 51.0 Å². The van der Waals surface area contributed by atoms with Crippen molar-refractivity contribution >= 4 is 28.6 Å². The van der Waals surface area contributed by atoms with Gasteiger partial charge >= 0.3 is 12.1 Å². The molecule has 1 aliphatic heterocycles. The fourth-order valence-electron chi connectivity index (χ4n) is 3.54. The fourth-order valence-corrected chi connectivity index (χ4v) is 4.91. The number of ether oxygens (including phenoxy) is 3. The Kier molecular flexibility index (Phi) is 7.98. The van der Waals surface area contributed by atoms with Gasteiger partial charge in [0.15, 0.2) is 4.91 Å². The molecule has 9 heteroatoms. The van der Waals surface area contributed by atoms with Gasteiger partial charge in [-0.2, -0.15) is 0 Å². The van der Waals surface area contributed by atoms with Gasteiger partial charge in [-0.15, -0.1) is 0 Å². The number of carbonyl (C=O) groups is 2. The van der Waals surface area contributed by atoms with Gasteiger partial charge in [0.05, 0.1) is 41.7 Å². The van der Waals surface area contributed by atoms with E-state index >= 15 is 0 Å². The number of carbonyl (C=O) groups excluding carboxylic acids is 2. The van der Waals surface area contributed by atoms with Crippen LogP contribution in [-0.2, 0) is 31.5 Å². The fraction of sp³-hybridized carbons (Fsp3) is 0.360. The lowest BCUT2D eigenvalue weighted by atomic mass is 10.1. The minimum Gasteiger partial charge on any atom is -0.497 e. The zero-order valence-electron chi connectivity index (χ0n) is 20.0. The molecule has 1 heterocycles. The molecule has 0 aliphatic carbocycles. The molecule has 2 atom stereocenters. The van der Waals surface area contributed by atoms with Crippen molar-refractivity contribution in [3.63, 3.8) is 0 Å². The van der Waals surface area contributed by atoms with E-state index in [0.29, 0.717) is 28.3 Å². The number of nitrogens with one attached hydrogen (secondary N) is 2. The molecule has 34 heavy (non-hydrogen) atoms. The summed E-state index contributed by atoms with van der Waals surface area (Å²) in [7, 11) is 1.07. The summed E-state index contributed by atoms with van der Waals surface area (Å²) in [4.78, 5) is 25.5. The van der Waals surface area contributed by atoms with Crippen molar-refractivity contribution in [3.05, 3.63) is 64.6 Å². The molecule has 0 spiro atoms. The highest BCUT2D eigenvalue weighted by atomic mass is 32.2. The number of fused-ring (bicyclic) bond motifs is 1. The van der Waals surface area contributed by atoms with E-state index < -0.39 is 28.5 Å². The lowest BCUT2D eigenvalue weighted by molar-refractivity contribution is -0.135. The van der Waals surface area contributed by atoms with E-state index in [1.54, 1.807) is 39.0 Å². The van der Waals surface area contributed by atoms with Crippen LogP contribution in [0.15, 0.2) is 58.3 Å². The van der Waals surface area contributed by atoms with Crippen molar-refractivity contribution < 1.29 is 28.0 Å². The highest BCUT2D eigenvalue weighted by Gasteiger charge is 2.35. The molecule has 0 fully saturated rings. The van der Waals surface area contributed by atoms with Gasteiger partial charge in [-0.3, -0.25) is 0 Å². The van der Waals surface area contributed by atoms with Crippen LogP contribution >= 0.6 is 0 Å². The first-order valence-corrected chi connectivity index (χ1v) is 12.0. The monoisotopic (exact) mass is 486 g/mol. The van der Waals surface area contributed by atoms with Crippen LogP contribution in [0.1, 0.15) is 31.9 Å². The molecule has 8 nitrogen and oxygen atoms in total. The Labute approximate surface area is 202 Å². The van der Waals surface area contributed by atoms with Crippen LogP contribution in [0.5, 0.6) is 5.75 Å². The van der Waals surface area contributed by atoms with Gasteiger partial charge in [0, 0.05) is 12.1 Å². The molecular formula is C25H30N2O6S. The van der Waals surface area contributed by atoms with Crippen molar-refractivity contribution in [2.75, 3.05) is 20.8 Å². The SMILES string of the molecule is COC(=O)C1=C(NCC(Cc2ccccc2)NC(=O)OC(C)(C)C)c2cc(OC)ccc2S1=O. The molecule has 0 radical (unpaired) electrons. The summed E-state index contributed by atoms with van der Waals surface area (Å²) in [6.45, 7) is 5.63. The zero-order valence-corrected chi connectivity index (χ0v) is 20.8. The number of alkyl carbamates (subject to hydrolysis) is 1. The number of esters is 1. The summed E-state index contributed by atoms with van der Waals surface area (Å²) in [5, 5.41) is 6.13. The van der Waals surface area contributed by atoms with Gasteiger partial charge in [0.25, 0.3) is 0 Å². The predicted octanol–water partition coefficient (Wildman–Crippen LogP) is 3.38. The average molecular weight is 487 g/mol. The maximum absolute atomic E-state index is 13.1. The Bertz CT molecular complexity index is 1110. The molecule has 1 aliphatic rings. The summed E-state index contributed by atoms with van der Waals surface area (Å²) in [5.41, 5.74) is 1.36. The Morgan fingerprint density at radius 2 is 1.76 bits per heavy atom. The highest BCUT2D eigenvalue weighted by molar-refractivity contribution is 7.90. The number of methoxy groups -OCH3 is 2. The lowest BCUT2D eigenvalue weighted by Crippen LogP contribution is -2.45. The zero-order chi connectivity index (χ0) is 24.9. The summed E-state index contributed by atoms with van der Waals surface area (Å²) in [5.74, 6) is -0.121. The Balaban J connectivity index is 1.89. The minimum absolute atomic E-state index is 0.0292. The molecule has 0 saturated carbocycles. The third-order valence-corrected chi connectivity index (χ3v) is 6.51. The summed E-state index contributed by atoms with van der Waals surface area (Å²) >= 11 is 0. The molecule has 2 N–H and O–H groups in total. The number of rotatable bonds is 8. The van der Waals surface area contributed by atoms with Crippen LogP contribution in [0, 0.1) is 0 Å². The molecule has 2 unspecified atom stereocenters. The van der Waals surface area contributed by atoms with Gasteiger partial charge in [-0.1, -0.05) is 30.3 Å². The van der Waals surface area contributed by atoms with E-state index in [2.05, 4.69) is 10.6 Å². The van der Waals surface area contributed by atoms with Gasteiger partial charge in [0.1, 0.15) is 11.4 Å². The molecule has 2 aromatic rings. The van der Waals surface area contributed by atoms with Crippen LogP contribution in [0.25, 0.3) is 5.70 Å². The minimum atomic E-state index is -1.71. The van der Waals surface area contributed by atoms with Gasteiger partial charge in [0.2, 0.25) is 0 Å². The van der Waals surface area contributed by atoms with Gasteiger partial charge in [-0.25, -0.2) is 13.8 Å². The highest BCUT2D eigenvalue weighted by Crippen LogP contribution is 2.37. The molecular weight excluding hydrogens is 456 g/mol. The van der Waals surface area contributed by atoms with E-state index in [4.69, 9.17) is 14.2 Å². The second-order valence-electron chi connectivity index (χ2n) is 8.74. The number of benzene rings is 2. The Morgan fingerprint density at radius 1 is 1.06 bits per heavy atom. The second-order valence-corrected chi connectivity index (χ2v) is 10.1. The molecule has 1 amide bonds. The third kappa shape index (κ3) is 6.17. The number of amides is 1. The first kappa shape index (κ1) is 25.3. The van der Waals surface area contributed by atoms with Crippen molar-refractivity contribution in [1.29, 1.82) is 0 Å². The molecule has 3 rings (SSSR count). The van der Waals surface area contributed by atoms with Crippen molar-refractivity contribution in [2.45, 2.75) is 43.7 Å². The smallest absolute Gasteiger partial charge is 0.407 e. The lowest BCUT2D eigenvalue weighted by Gasteiger charge is -2.24. The van der Waals surface area contributed by atoms with Crippen LogP contribution in [0.2, 0.25) is 0 Å². The Morgan fingerprint density at radius 3 is 2.38 bits per heavy atom. The topological polar surface area (TPSA) is 103 Å². The first-order chi connectivity index (χ1) is 16.1. The molecule has 182 valence electrons. The normalized spacial score (nSPS) is 15.9. The van der Waals surface area contributed by atoms with Crippen molar-refractivity contribution in [2.24, 2.45) is 0 Å². The summed E-state index contributed by atoms with van der Waals surface area (Å²) < 4.78 is 28.7. The van der Waals surface area contributed by atoms with Crippen LogP contribution in [0.3, 0.4) is 0 Å². The summed E-state index contributed by atoms with van der Waals surface area (Å²) in [6.07, 6.45) is -0.0309. The Hall–Kier alpha value is -3.33. The molecule has 2 aromatic carbocycles. The molecule has 0 aromatic heterocycles. The maximum atomic E-state index is 13.1. The maximum Gasteiger partial charge on any atom is 0.407 e. The first-order valence-electron chi connectivity index (χ1n) is 10.8. The summed E-state index contributed by atoms with van der Waals surface area (Å²) in [6, 6.07) is 14.4. The second kappa shape index (κ2) is 10.7. The quantitative estimate of drug-likeness (QED) is 0.552. The van der Waals surface area contributed by atoms with Crippen molar-refractivity contribution in [1.82, 2.24) is 10.6 Å². The van der Waals surface area contributed by atoms with E-state index in [0.717, 1.165) is 5.56 Å². The largest absolute Gasteiger partial charge is 0.497 e.